The van der Waals surface area contributed by atoms with Crippen molar-refractivity contribution in [1.29, 1.82) is 0 Å². The summed E-state index contributed by atoms with van der Waals surface area (Å²) in [7, 11) is 0. The zero-order chi connectivity index (χ0) is 31.4. The summed E-state index contributed by atoms with van der Waals surface area (Å²) in [5.41, 5.74) is 8.83. The molecule has 0 aromatic heterocycles. The number of carbonyl (C=O) groups excluding carboxylic acids is 5. The summed E-state index contributed by atoms with van der Waals surface area (Å²) in [5, 5.41) is 3.91. The fourth-order valence-corrected chi connectivity index (χ4v) is 3.96. The van der Waals surface area contributed by atoms with Crippen molar-refractivity contribution < 1.29 is 28.8 Å². The number of hydrogen-bond acceptors (Lipinski definition) is 8. The molecule has 2 saturated heterocycles. The molecule has 42 heavy (non-hydrogen) atoms. The summed E-state index contributed by atoms with van der Waals surface area (Å²) >= 11 is 21.3. The number of amides is 4. The molecule has 2 aromatic rings. The van der Waals surface area contributed by atoms with Gasteiger partial charge in [-0.15, -0.1) is 16.7 Å². The van der Waals surface area contributed by atoms with E-state index < -0.39 is 23.2 Å². The molecule has 2 fully saturated rings. The van der Waals surface area contributed by atoms with E-state index in [1.54, 1.807) is 18.2 Å². The van der Waals surface area contributed by atoms with Crippen LogP contribution in [0.1, 0.15) is 24.0 Å². The lowest BCUT2D eigenvalue weighted by molar-refractivity contribution is -0.174. The predicted octanol–water partition coefficient (Wildman–Crippen LogP) is 4.63. The fourth-order valence-electron chi connectivity index (χ4n) is 3.67. The van der Waals surface area contributed by atoms with Crippen LogP contribution in [0.2, 0.25) is 10.0 Å². The van der Waals surface area contributed by atoms with Crippen LogP contribution in [0, 0.1) is 13.8 Å². The molecule has 0 radical (unpaired) electrons. The first-order valence-electron chi connectivity index (χ1n) is 12.7. The van der Waals surface area contributed by atoms with Crippen molar-refractivity contribution in [3.8, 4) is 0 Å². The number of alkyl halides is 1. The number of hydrogen-bond donors (Lipinski definition) is 2. The van der Waals surface area contributed by atoms with Crippen molar-refractivity contribution in [1.82, 2.24) is 14.9 Å². The third kappa shape index (κ3) is 11.7. The second-order valence-electron chi connectivity index (χ2n) is 9.25. The molecule has 11 nitrogen and oxygen atoms in total. The van der Waals surface area contributed by atoms with E-state index in [2.05, 4.69) is 5.32 Å². The van der Waals surface area contributed by atoms with Crippen molar-refractivity contribution in [2.75, 3.05) is 49.7 Å². The summed E-state index contributed by atoms with van der Waals surface area (Å²) in [4.78, 5) is 65.1. The van der Waals surface area contributed by atoms with Crippen LogP contribution < -0.4 is 11.1 Å². The zero-order valence-corrected chi connectivity index (χ0v) is 26.0. The molecule has 2 heterocycles. The molecule has 2 aliphatic rings. The first kappa shape index (κ1) is 35.1. The van der Waals surface area contributed by atoms with Gasteiger partial charge in [0.2, 0.25) is 11.1 Å². The SMILES string of the molecule is Cc1ccc(Cl)c(N)c1.Cc1ccc(Cl)c(NC(=O)CN2CCN(C(=O)ON3C(=O)CCC3=O)CC2)c1.O=C(Cl)CCl. The molecule has 15 heteroatoms. The molecule has 228 valence electrons. The highest BCUT2D eigenvalue weighted by Crippen LogP contribution is 2.23. The Morgan fingerprint density at radius 3 is 1.93 bits per heavy atom. The molecular formula is C27H31Cl4N5O6. The van der Waals surface area contributed by atoms with Crippen LogP contribution in [0.3, 0.4) is 0 Å². The summed E-state index contributed by atoms with van der Waals surface area (Å²) in [6.45, 7) is 5.63. The number of nitrogens with one attached hydrogen (secondary N) is 1. The first-order valence-corrected chi connectivity index (χ1v) is 14.3. The maximum atomic E-state index is 12.3. The van der Waals surface area contributed by atoms with Crippen LogP contribution in [-0.2, 0) is 24.0 Å². The zero-order valence-electron chi connectivity index (χ0n) is 23.0. The molecule has 3 N–H and O–H groups in total. The molecule has 4 amide bonds. The number of rotatable bonds is 5. The lowest BCUT2D eigenvalue weighted by atomic mass is 10.2. The number of anilines is 2. The Hall–Kier alpha value is -3.09. The third-order valence-electron chi connectivity index (χ3n) is 5.83. The molecule has 2 aliphatic heterocycles. The molecule has 0 saturated carbocycles. The summed E-state index contributed by atoms with van der Waals surface area (Å²) in [6, 6.07) is 11.0. The second-order valence-corrected chi connectivity index (χ2v) is 10.8. The van der Waals surface area contributed by atoms with E-state index in [0.717, 1.165) is 11.1 Å². The molecule has 0 aliphatic carbocycles. The summed E-state index contributed by atoms with van der Waals surface area (Å²) in [5.74, 6) is -1.31. The van der Waals surface area contributed by atoms with E-state index in [-0.39, 0.29) is 31.2 Å². The molecule has 0 atom stereocenters. The highest BCUT2D eigenvalue weighted by atomic mass is 35.5. The van der Waals surface area contributed by atoms with Gasteiger partial charge in [-0.1, -0.05) is 35.3 Å². The van der Waals surface area contributed by atoms with Gasteiger partial charge in [-0.05, 0) is 60.8 Å². The van der Waals surface area contributed by atoms with Crippen molar-refractivity contribution in [3.05, 3.63) is 57.6 Å². The quantitative estimate of drug-likeness (QED) is 0.204. The minimum Gasteiger partial charge on any atom is -0.398 e. The van der Waals surface area contributed by atoms with Crippen molar-refractivity contribution >= 4 is 86.8 Å². The topological polar surface area (TPSA) is 142 Å². The van der Waals surface area contributed by atoms with Crippen LogP contribution in [0.4, 0.5) is 16.2 Å². The average molecular weight is 663 g/mol. The van der Waals surface area contributed by atoms with Gasteiger partial charge in [-0.25, -0.2) is 4.79 Å². The van der Waals surface area contributed by atoms with Crippen LogP contribution in [0.25, 0.3) is 0 Å². The Kier molecular flexibility index (Phi) is 14.3. The number of nitrogens with two attached hydrogens (primary N) is 1. The Bertz CT molecular complexity index is 1290. The number of hydroxylamine groups is 2. The van der Waals surface area contributed by atoms with Crippen molar-refractivity contribution in [2.24, 2.45) is 0 Å². The number of nitrogens with zero attached hydrogens (tertiary/aromatic N) is 3. The lowest BCUT2D eigenvalue weighted by Crippen LogP contribution is -2.51. The number of carbonyl (C=O) groups is 5. The normalized spacial score (nSPS) is 14.8. The Labute approximate surface area is 263 Å². The van der Waals surface area contributed by atoms with Crippen LogP contribution >= 0.6 is 46.4 Å². The molecule has 4 rings (SSSR count). The maximum absolute atomic E-state index is 12.3. The monoisotopic (exact) mass is 661 g/mol. The Morgan fingerprint density at radius 2 is 1.43 bits per heavy atom. The number of aryl methyl sites for hydroxylation is 2. The van der Waals surface area contributed by atoms with E-state index in [4.69, 9.17) is 57.0 Å². The van der Waals surface area contributed by atoms with Gasteiger partial charge in [0.25, 0.3) is 11.8 Å². The van der Waals surface area contributed by atoms with Gasteiger partial charge in [0.05, 0.1) is 33.8 Å². The van der Waals surface area contributed by atoms with Crippen molar-refractivity contribution in [2.45, 2.75) is 26.7 Å². The molecule has 0 unspecified atom stereocenters. The molecule has 0 bridgehead atoms. The average Bonchev–Trinajstić information content (AvgIpc) is 3.26. The van der Waals surface area contributed by atoms with Gasteiger partial charge >= 0.3 is 6.09 Å². The standard InChI is InChI=1S/C18H21ClN4O5.C7H8ClN.C2H2Cl2O/c1-12-2-3-13(19)14(10-12)20-15(24)11-21-6-8-22(9-7-21)18(27)28-23-16(25)4-5-17(23)26;1-5-2-3-6(8)7(9)4-5;3-1-2(4)5/h2-3,10H,4-9,11H2,1H3,(H,20,24);2-4H,9H2,1H3;1H2. The molecule has 2 aromatic carbocycles. The summed E-state index contributed by atoms with van der Waals surface area (Å²) in [6.07, 6.45) is -0.626. The largest absolute Gasteiger partial charge is 0.434 e. The number of imide groups is 1. The van der Waals surface area contributed by atoms with Gasteiger partial charge in [0, 0.05) is 39.0 Å². The van der Waals surface area contributed by atoms with E-state index in [1.807, 2.05) is 36.9 Å². The van der Waals surface area contributed by atoms with Gasteiger partial charge < -0.3 is 20.8 Å². The smallest absolute Gasteiger partial charge is 0.398 e. The van der Waals surface area contributed by atoms with E-state index in [9.17, 15) is 24.0 Å². The van der Waals surface area contributed by atoms with E-state index in [1.165, 1.54) is 4.90 Å². The maximum Gasteiger partial charge on any atom is 0.434 e. The van der Waals surface area contributed by atoms with Crippen LogP contribution in [-0.4, -0.2) is 82.5 Å². The van der Waals surface area contributed by atoms with E-state index in [0.29, 0.717) is 52.7 Å². The van der Waals surface area contributed by atoms with E-state index >= 15 is 0 Å². The Morgan fingerprint density at radius 1 is 0.905 bits per heavy atom. The predicted molar refractivity (Wildman–Crippen MR) is 163 cm³/mol. The van der Waals surface area contributed by atoms with Crippen LogP contribution in [0.15, 0.2) is 36.4 Å². The highest BCUT2D eigenvalue weighted by Gasteiger charge is 2.35. The third-order valence-corrected chi connectivity index (χ3v) is 7.01. The molecule has 0 spiro atoms. The van der Waals surface area contributed by atoms with Gasteiger partial charge in [0.1, 0.15) is 0 Å². The fraction of sp³-hybridized carbons (Fsp3) is 0.370. The summed E-state index contributed by atoms with van der Waals surface area (Å²) < 4.78 is 0. The molecular weight excluding hydrogens is 632 g/mol. The first-order chi connectivity index (χ1) is 19.8. The highest BCUT2D eigenvalue weighted by molar-refractivity contribution is 6.67. The second kappa shape index (κ2) is 17.1. The number of nitrogen functional groups attached to an aromatic ring is 1. The Balaban J connectivity index is 0.000000362. The minimum atomic E-state index is -0.737. The number of benzene rings is 2. The van der Waals surface area contributed by atoms with Crippen LogP contribution in [0.5, 0.6) is 0 Å². The number of halogens is 4. The van der Waals surface area contributed by atoms with Gasteiger partial charge in [0.15, 0.2) is 0 Å². The lowest BCUT2D eigenvalue weighted by Gasteiger charge is -2.33. The van der Waals surface area contributed by atoms with Crippen molar-refractivity contribution in [3.63, 3.8) is 0 Å². The van der Waals surface area contributed by atoms with Gasteiger partial charge in [-0.3, -0.25) is 24.1 Å². The van der Waals surface area contributed by atoms with Gasteiger partial charge in [-0.2, -0.15) is 0 Å². The minimum absolute atomic E-state index is 0.0555. The number of piperazine rings is 1.